The highest BCUT2D eigenvalue weighted by Gasteiger charge is 2.28. The van der Waals surface area contributed by atoms with Gasteiger partial charge in [-0.1, -0.05) is 6.07 Å². The highest BCUT2D eigenvalue weighted by Crippen LogP contribution is 2.37. The van der Waals surface area contributed by atoms with Crippen molar-refractivity contribution in [3.05, 3.63) is 53.6 Å². The molecule has 0 bridgehead atoms. The van der Waals surface area contributed by atoms with Crippen molar-refractivity contribution in [1.82, 2.24) is 4.90 Å². The number of anilines is 1. The molecule has 1 aliphatic heterocycles. The van der Waals surface area contributed by atoms with Crippen molar-refractivity contribution in [1.29, 1.82) is 0 Å². The third-order valence-electron chi connectivity index (χ3n) is 4.95. The smallest absolute Gasteiger partial charge is 0.338 e. The zero-order valence-electron chi connectivity index (χ0n) is 16.9. The van der Waals surface area contributed by atoms with Gasteiger partial charge in [0.2, 0.25) is 0 Å². The molecule has 0 radical (unpaired) electrons. The van der Waals surface area contributed by atoms with Crippen LogP contribution >= 0.6 is 12.2 Å². The van der Waals surface area contributed by atoms with E-state index in [1.807, 2.05) is 24.3 Å². The lowest BCUT2D eigenvalue weighted by atomic mass is 10.0. The molecule has 0 amide bonds. The summed E-state index contributed by atoms with van der Waals surface area (Å²) in [6.45, 7) is 3.03. The Morgan fingerprint density at radius 2 is 1.86 bits per heavy atom. The number of nitrogens with zero attached hydrogens (tertiary/aromatic N) is 1. The highest BCUT2D eigenvalue weighted by molar-refractivity contribution is 7.80. The zero-order chi connectivity index (χ0) is 20.8. The Hall–Kier alpha value is -2.80. The molecule has 1 atom stereocenters. The number of esters is 1. The Labute approximate surface area is 176 Å². The molecule has 154 valence electrons. The predicted molar refractivity (Wildman–Crippen MR) is 117 cm³/mol. The summed E-state index contributed by atoms with van der Waals surface area (Å²) in [6, 6.07) is 13.3. The second-order valence-corrected chi connectivity index (χ2v) is 7.08. The van der Waals surface area contributed by atoms with Crippen LogP contribution in [0.25, 0.3) is 0 Å². The Kier molecular flexibility index (Phi) is 6.93. The van der Waals surface area contributed by atoms with Gasteiger partial charge < -0.3 is 24.4 Å². The summed E-state index contributed by atoms with van der Waals surface area (Å²) in [5, 5.41) is 3.94. The number of carbonyl (C=O) groups is 1. The number of hydrogen-bond donors (Lipinski definition) is 1. The summed E-state index contributed by atoms with van der Waals surface area (Å²) < 4.78 is 15.8. The topological polar surface area (TPSA) is 60.0 Å². The quantitative estimate of drug-likeness (QED) is 0.555. The van der Waals surface area contributed by atoms with Gasteiger partial charge in [0.15, 0.2) is 16.6 Å². The average molecular weight is 415 g/mol. The van der Waals surface area contributed by atoms with Crippen LogP contribution in [0.15, 0.2) is 42.5 Å². The molecule has 3 rings (SSSR count). The van der Waals surface area contributed by atoms with E-state index in [1.54, 1.807) is 33.3 Å². The molecule has 29 heavy (non-hydrogen) atoms. The Morgan fingerprint density at radius 1 is 1.14 bits per heavy atom. The zero-order valence-corrected chi connectivity index (χ0v) is 17.8. The monoisotopic (exact) mass is 414 g/mol. The largest absolute Gasteiger partial charge is 0.493 e. The summed E-state index contributed by atoms with van der Waals surface area (Å²) in [5.74, 6) is 1.10. The Bertz CT molecular complexity index is 870. The van der Waals surface area contributed by atoms with E-state index in [0.717, 1.165) is 30.6 Å². The molecule has 0 spiro atoms. The number of methoxy groups -OCH3 is 2. The Morgan fingerprint density at radius 3 is 2.52 bits per heavy atom. The van der Waals surface area contributed by atoms with E-state index in [1.165, 1.54) is 0 Å². The fourth-order valence-corrected chi connectivity index (χ4v) is 3.85. The minimum Gasteiger partial charge on any atom is -0.493 e. The molecule has 1 fully saturated rings. The molecule has 1 aliphatic rings. The maximum absolute atomic E-state index is 11.8. The van der Waals surface area contributed by atoms with Gasteiger partial charge in [-0.3, -0.25) is 0 Å². The van der Waals surface area contributed by atoms with Crippen molar-refractivity contribution in [3.8, 4) is 11.5 Å². The number of rotatable bonds is 6. The van der Waals surface area contributed by atoms with Crippen LogP contribution in [0.5, 0.6) is 11.5 Å². The van der Waals surface area contributed by atoms with Gasteiger partial charge in [0.25, 0.3) is 0 Å². The van der Waals surface area contributed by atoms with Gasteiger partial charge in [-0.15, -0.1) is 0 Å². The van der Waals surface area contributed by atoms with Gasteiger partial charge in [-0.05, 0) is 73.9 Å². The summed E-state index contributed by atoms with van der Waals surface area (Å²) >= 11 is 5.68. The van der Waals surface area contributed by atoms with E-state index in [9.17, 15) is 4.79 Å². The number of likely N-dealkylation sites (tertiary alicyclic amines) is 1. The molecule has 1 heterocycles. The van der Waals surface area contributed by atoms with Crippen molar-refractivity contribution in [2.45, 2.75) is 25.8 Å². The minimum absolute atomic E-state index is 0.175. The van der Waals surface area contributed by atoms with E-state index in [0.29, 0.717) is 28.8 Å². The summed E-state index contributed by atoms with van der Waals surface area (Å²) in [7, 11) is 3.27. The van der Waals surface area contributed by atoms with Crippen LogP contribution < -0.4 is 14.8 Å². The van der Waals surface area contributed by atoms with Gasteiger partial charge in [0.05, 0.1) is 32.4 Å². The van der Waals surface area contributed by atoms with E-state index in [-0.39, 0.29) is 12.0 Å². The first-order valence-corrected chi connectivity index (χ1v) is 10.0. The van der Waals surface area contributed by atoms with E-state index < -0.39 is 0 Å². The van der Waals surface area contributed by atoms with Crippen molar-refractivity contribution in [2.75, 3.05) is 32.7 Å². The maximum atomic E-state index is 11.8. The van der Waals surface area contributed by atoms with Crippen LogP contribution in [-0.2, 0) is 4.74 Å². The molecule has 0 aliphatic carbocycles. The summed E-state index contributed by atoms with van der Waals surface area (Å²) in [4.78, 5) is 14.0. The van der Waals surface area contributed by atoms with Gasteiger partial charge in [-0.2, -0.15) is 0 Å². The standard InChI is InChI=1S/C22H26N2O4S/c1-4-28-21(25)15-7-10-17(11-8-15)23-22(29)24-13-5-6-18(24)16-9-12-19(26-2)20(14-16)27-3/h7-12,14,18H,4-6,13H2,1-3H3,(H,23,29)/t18-/m0/s1. The average Bonchev–Trinajstić information content (AvgIpc) is 3.24. The van der Waals surface area contributed by atoms with E-state index >= 15 is 0 Å². The van der Waals surface area contributed by atoms with Crippen LogP contribution in [0.1, 0.15) is 41.7 Å². The SMILES string of the molecule is CCOC(=O)c1ccc(NC(=S)N2CCC[C@H]2c2ccc(OC)c(OC)c2)cc1. The van der Waals surface area contributed by atoms with Crippen LogP contribution in [-0.4, -0.2) is 43.4 Å². The third kappa shape index (κ3) is 4.79. The molecule has 0 saturated carbocycles. The second-order valence-electron chi connectivity index (χ2n) is 6.69. The fraction of sp³-hybridized carbons (Fsp3) is 0.364. The maximum Gasteiger partial charge on any atom is 0.338 e. The normalized spacial score (nSPS) is 15.7. The molecule has 7 heteroatoms. The second kappa shape index (κ2) is 9.60. The summed E-state index contributed by atoms with van der Waals surface area (Å²) in [6.07, 6.45) is 2.07. The van der Waals surface area contributed by atoms with E-state index in [2.05, 4.69) is 16.3 Å². The minimum atomic E-state index is -0.324. The van der Waals surface area contributed by atoms with Gasteiger partial charge in [0.1, 0.15) is 0 Å². The van der Waals surface area contributed by atoms with E-state index in [4.69, 9.17) is 26.4 Å². The molecular formula is C22H26N2O4S. The molecule has 0 unspecified atom stereocenters. The molecule has 6 nitrogen and oxygen atoms in total. The number of hydrogen-bond acceptors (Lipinski definition) is 5. The molecule has 2 aromatic rings. The first-order chi connectivity index (χ1) is 14.1. The lowest BCUT2D eigenvalue weighted by Crippen LogP contribution is -2.34. The van der Waals surface area contributed by atoms with Gasteiger partial charge in [0, 0.05) is 12.2 Å². The lowest BCUT2D eigenvalue weighted by Gasteiger charge is -2.28. The molecule has 1 saturated heterocycles. The third-order valence-corrected chi connectivity index (χ3v) is 5.29. The van der Waals surface area contributed by atoms with Crippen LogP contribution in [0.4, 0.5) is 5.69 Å². The van der Waals surface area contributed by atoms with Crippen LogP contribution in [0.2, 0.25) is 0 Å². The number of ether oxygens (including phenoxy) is 3. The van der Waals surface area contributed by atoms with Crippen LogP contribution in [0.3, 0.4) is 0 Å². The molecular weight excluding hydrogens is 388 g/mol. The van der Waals surface area contributed by atoms with Crippen molar-refractivity contribution < 1.29 is 19.0 Å². The van der Waals surface area contributed by atoms with Crippen molar-refractivity contribution in [2.24, 2.45) is 0 Å². The summed E-state index contributed by atoms with van der Waals surface area (Å²) in [5.41, 5.74) is 2.50. The Balaban J connectivity index is 1.71. The molecule has 1 N–H and O–H groups in total. The lowest BCUT2D eigenvalue weighted by molar-refractivity contribution is 0.0526. The number of carbonyl (C=O) groups excluding carboxylic acids is 1. The van der Waals surface area contributed by atoms with Crippen LogP contribution in [0, 0.1) is 0 Å². The predicted octanol–water partition coefficient (Wildman–Crippen LogP) is 4.41. The highest BCUT2D eigenvalue weighted by atomic mass is 32.1. The van der Waals surface area contributed by atoms with Crippen molar-refractivity contribution >= 4 is 29.0 Å². The number of nitrogens with one attached hydrogen (secondary N) is 1. The van der Waals surface area contributed by atoms with Gasteiger partial charge in [-0.25, -0.2) is 4.79 Å². The van der Waals surface area contributed by atoms with Gasteiger partial charge >= 0.3 is 5.97 Å². The number of benzene rings is 2. The molecule has 2 aromatic carbocycles. The van der Waals surface area contributed by atoms with Crippen molar-refractivity contribution in [3.63, 3.8) is 0 Å². The first kappa shape index (κ1) is 20.9. The molecule has 0 aromatic heterocycles. The number of thiocarbonyl (C=S) groups is 1. The first-order valence-electron chi connectivity index (χ1n) is 9.64. The fourth-order valence-electron chi connectivity index (χ4n) is 3.52.